The highest BCUT2D eigenvalue weighted by atomic mass is 32.2. The number of carbonyl (C=O) groups is 1. The lowest BCUT2D eigenvalue weighted by molar-refractivity contribution is -0.118. The van der Waals surface area contributed by atoms with Crippen LogP contribution in [0, 0.1) is 0 Å². The summed E-state index contributed by atoms with van der Waals surface area (Å²) in [5.41, 5.74) is 0. The van der Waals surface area contributed by atoms with Gasteiger partial charge in [0.25, 0.3) is 0 Å². The molecule has 0 fully saturated rings. The minimum Gasteiger partial charge on any atom is -0.396 e. The topological polar surface area (TPSA) is 40.5 Å². The molecule has 0 aromatic carbocycles. The molecule has 0 saturated carbocycles. The van der Waals surface area contributed by atoms with Crippen molar-refractivity contribution in [3.8, 4) is 0 Å². The second-order valence-corrected chi connectivity index (χ2v) is 15.8. The van der Waals surface area contributed by atoms with E-state index in [9.17, 15) is 9.90 Å². The molecule has 0 saturated heterocycles. The Morgan fingerprint density at radius 3 is 1.28 bits per heavy atom. The van der Waals surface area contributed by atoms with E-state index in [2.05, 4.69) is 25.7 Å². The van der Waals surface area contributed by atoms with Gasteiger partial charge in [0.2, 0.25) is 0 Å². The fourth-order valence-corrected chi connectivity index (χ4v) is 7.94. The van der Waals surface area contributed by atoms with E-state index in [1.54, 1.807) is 0 Å². The van der Waals surface area contributed by atoms with Crippen LogP contribution in [0.5, 0.6) is 0 Å². The van der Waals surface area contributed by atoms with Gasteiger partial charge in [-0.2, -0.15) is 11.8 Å². The van der Waals surface area contributed by atoms with E-state index in [0.29, 0.717) is 12.4 Å². The molecule has 0 amide bonds. The number of Topliss-reactive ketones (excluding diaryl/α,β-unsaturated/α-hetero) is 1. The Hall–Kier alpha value is -0.0600. The van der Waals surface area contributed by atoms with Gasteiger partial charge in [-0.25, -0.2) is 0 Å². The van der Waals surface area contributed by atoms with E-state index in [0.717, 1.165) is 38.6 Å². The van der Waals surface area contributed by atoms with Crippen molar-refractivity contribution in [1.82, 2.24) is 4.90 Å². The van der Waals surface area contributed by atoms with E-state index >= 15 is 0 Å². The first-order chi connectivity index (χ1) is 22.7. The van der Waals surface area contributed by atoms with Crippen LogP contribution in [0.25, 0.3) is 0 Å². The highest BCUT2D eigenvalue weighted by Crippen LogP contribution is 2.23. The lowest BCUT2D eigenvalue weighted by Gasteiger charge is -2.22. The van der Waals surface area contributed by atoms with Crippen molar-refractivity contribution in [1.29, 1.82) is 0 Å². The number of hydrogen-bond acceptors (Lipinski definition) is 4. The maximum Gasteiger partial charge on any atom is 0.145 e. The van der Waals surface area contributed by atoms with Crippen LogP contribution in [0.15, 0.2) is 0 Å². The molecular weight excluding hydrogens is 583 g/mol. The monoisotopic (exact) mass is 668 g/mol. The van der Waals surface area contributed by atoms with Crippen LogP contribution < -0.4 is 0 Å². The number of hydrogen-bond donors (Lipinski definition) is 1. The third kappa shape index (κ3) is 33.8. The van der Waals surface area contributed by atoms with Crippen molar-refractivity contribution in [2.75, 3.05) is 32.0 Å². The van der Waals surface area contributed by atoms with Gasteiger partial charge in [0.1, 0.15) is 5.78 Å². The minimum absolute atomic E-state index is 0.259. The molecule has 0 radical (unpaired) electrons. The van der Waals surface area contributed by atoms with E-state index in [-0.39, 0.29) is 5.25 Å². The summed E-state index contributed by atoms with van der Waals surface area (Å²) < 4.78 is 0. The Balaban J connectivity index is 3.92. The number of carbonyl (C=O) groups excluding carboxylic acids is 1. The summed E-state index contributed by atoms with van der Waals surface area (Å²) in [6, 6.07) is 0. The molecule has 0 aromatic heterocycles. The van der Waals surface area contributed by atoms with Gasteiger partial charge in [0, 0.05) is 13.0 Å². The normalized spacial score (nSPS) is 12.4. The average molecular weight is 668 g/mol. The van der Waals surface area contributed by atoms with Crippen LogP contribution in [0.2, 0.25) is 0 Å². The predicted octanol–water partition coefficient (Wildman–Crippen LogP) is 13.5. The molecule has 276 valence electrons. The van der Waals surface area contributed by atoms with Crippen molar-refractivity contribution in [2.24, 2.45) is 0 Å². The van der Waals surface area contributed by atoms with E-state index < -0.39 is 0 Å². The van der Waals surface area contributed by atoms with Gasteiger partial charge in [-0.3, -0.25) is 4.79 Å². The number of rotatable bonds is 40. The SMILES string of the molecule is CCCCCCCCCCCCCN(CCCCO)CCCCCCCCCC(=O)C(CCCC)SCCCCCCCCCC. The third-order valence-electron chi connectivity index (χ3n) is 9.85. The molecule has 0 aliphatic rings. The van der Waals surface area contributed by atoms with Crippen LogP contribution in [-0.2, 0) is 4.79 Å². The predicted molar refractivity (Wildman–Crippen MR) is 210 cm³/mol. The lowest BCUT2D eigenvalue weighted by Crippen LogP contribution is -2.27. The highest BCUT2D eigenvalue weighted by Gasteiger charge is 2.17. The van der Waals surface area contributed by atoms with E-state index in [1.165, 1.54) is 192 Å². The standard InChI is InChI=1S/C42H85NO2S/c1-4-7-10-12-14-16-17-18-21-25-29-36-43(38-31-32-39-44)37-30-26-22-19-20-24-28-34-41(45)42(35-9-6-3)46-40-33-27-23-15-13-11-8-5-2/h42,44H,4-40H2,1-3H3. The Morgan fingerprint density at radius 2 is 0.848 bits per heavy atom. The largest absolute Gasteiger partial charge is 0.396 e. The van der Waals surface area contributed by atoms with Gasteiger partial charge in [-0.15, -0.1) is 0 Å². The maximum atomic E-state index is 13.0. The van der Waals surface area contributed by atoms with Gasteiger partial charge < -0.3 is 10.0 Å². The average Bonchev–Trinajstić information content (AvgIpc) is 3.06. The third-order valence-corrected chi connectivity index (χ3v) is 11.3. The molecule has 4 heteroatoms. The van der Waals surface area contributed by atoms with Crippen molar-refractivity contribution >= 4 is 17.5 Å². The number of unbranched alkanes of at least 4 members (excludes halogenated alkanes) is 25. The minimum atomic E-state index is 0.259. The van der Waals surface area contributed by atoms with Crippen LogP contribution in [-0.4, -0.2) is 53.0 Å². The molecule has 0 spiro atoms. The fourth-order valence-electron chi connectivity index (χ4n) is 6.65. The molecular formula is C42H85NO2S. The van der Waals surface area contributed by atoms with Crippen molar-refractivity contribution in [3.05, 3.63) is 0 Å². The van der Waals surface area contributed by atoms with E-state index in [4.69, 9.17) is 0 Å². The summed E-state index contributed by atoms with van der Waals surface area (Å²) in [6.07, 6.45) is 41.7. The van der Waals surface area contributed by atoms with Gasteiger partial charge in [-0.1, -0.05) is 175 Å². The Bertz CT molecular complexity index is 586. The van der Waals surface area contributed by atoms with Gasteiger partial charge in [0.15, 0.2) is 0 Å². The molecule has 1 atom stereocenters. The van der Waals surface area contributed by atoms with Gasteiger partial charge >= 0.3 is 0 Å². The highest BCUT2D eigenvalue weighted by molar-refractivity contribution is 8.00. The number of ketones is 1. The van der Waals surface area contributed by atoms with Crippen LogP contribution in [0.4, 0.5) is 0 Å². The number of thioether (sulfide) groups is 1. The second kappa shape index (κ2) is 39.4. The Kier molecular flexibility index (Phi) is 39.3. The summed E-state index contributed by atoms with van der Waals surface area (Å²) in [5, 5.41) is 9.49. The smallest absolute Gasteiger partial charge is 0.145 e. The number of aliphatic hydroxyl groups is 1. The molecule has 0 bridgehead atoms. The van der Waals surface area contributed by atoms with E-state index in [1.807, 2.05) is 11.8 Å². The summed E-state index contributed by atoms with van der Waals surface area (Å²) in [6.45, 7) is 10.8. The molecule has 3 nitrogen and oxygen atoms in total. The van der Waals surface area contributed by atoms with Crippen LogP contribution >= 0.6 is 11.8 Å². The summed E-state index contributed by atoms with van der Waals surface area (Å²) in [4.78, 5) is 15.7. The maximum absolute atomic E-state index is 13.0. The quantitative estimate of drug-likeness (QED) is 0.0660. The Labute approximate surface area is 295 Å². The molecule has 0 aliphatic carbocycles. The first-order valence-corrected chi connectivity index (χ1v) is 22.2. The molecule has 0 rings (SSSR count). The van der Waals surface area contributed by atoms with Crippen LogP contribution in [0.1, 0.15) is 226 Å². The van der Waals surface area contributed by atoms with Crippen molar-refractivity contribution in [2.45, 2.75) is 231 Å². The summed E-state index contributed by atoms with van der Waals surface area (Å²) >= 11 is 1.97. The molecule has 0 aromatic rings. The number of nitrogens with zero attached hydrogens (tertiary/aromatic N) is 1. The molecule has 1 unspecified atom stereocenters. The van der Waals surface area contributed by atoms with Crippen molar-refractivity contribution < 1.29 is 9.90 Å². The molecule has 0 aliphatic heterocycles. The number of aliphatic hydroxyl groups excluding tert-OH is 1. The molecule has 1 N–H and O–H groups in total. The fraction of sp³-hybridized carbons (Fsp3) is 0.976. The summed E-state index contributed by atoms with van der Waals surface area (Å²) in [5.74, 6) is 1.71. The second-order valence-electron chi connectivity index (χ2n) is 14.5. The zero-order valence-corrected chi connectivity index (χ0v) is 32.8. The zero-order chi connectivity index (χ0) is 33.6. The van der Waals surface area contributed by atoms with Crippen molar-refractivity contribution in [3.63, 3.8) is 0 Å². The van der Waals surface area contributed by atoms with Crippen LogP contribution in [0.3, 0.4) is 0 Å². The molecule has 46 heavy (non-hydrogen) atoms. The zero-order valence-electron chi connectivity index (χ0n) is 32.0. The molecule has 0 heterocycles. The summed E-state index contributed by atoms with van der Waals surface area (Å²) in [7, 11) is 0. The lowest BCUT2D eigenvalue weighted by atomic mass is 10.0. The first kappa shape index (κ1) is 45.9. The Morgan fingerprint density at radius 1 is 0.478 bits per heavy atom. The van der Waals surface area contributed by atoms with Gasteiger partial charge in [0.05, 0.1) is 5.25 Å². The van der Waals surface area contributed by atoms with Gasteiger partial charge in [-0.05, 0) is 70.3 Å². The first-order valence-electron chi connectivity index (χ1n) is 21.2.